The summed E-state index contributed by atoms with van der Waals surface area (Å²) in [5.41, 5.74) is 3.23. The summed E-state index contributed by atoms with van der Waals surface area (Å²) in [6.45, 7) is 0.440. The van der Waals surface area contributed by atoms with Crippen molar-refractivity contribution in [2.75, 3.05) is 32.3 Å². The van der Waals surface area contributed by atoms with Gasteiger partial charge in [-0.1, -0.05) is 6.07 Å². The zero-order valence-electron chi connectivity index (χ0n) is 19.9. The summed E-state index contributed by atoms with van der Waals surface area (Å²) < 4.78 is 17.2. The molecule has 7 heteroatoms. The molecule has 0 aliphatic heterocycles. The number of pyridine rings is 1. The average molecular weight is 467 g/mol. The maximum atomic E-state index is 7.62. The van der Waals surface area contributed by atoms with E-state index in [9.17, 15) is 0 Å². The van der Waals surface area contributed by atoms with Crippen molar-refractivity contribution in [3.63, 3.8) is 0 Å². The van der Waals surface area contributed by atoms with E-state index in [0.29, 0.717) is 6.54 Å². The quantitative estimate of drug-likeness (QED) is 0.472. The Kier molecular flexibility index (Phi) is 10.0. The second-order valence-electron chi connectivity index (χ2n) is 7.95. The summed E-state index contributed by atoms with van der Waals surface area (Å²) >= 11 is 0. The largest absolute Gasteiger partial charge is 0.497 e. The maximum absolute atomic E-state index is 7.62. The van der Waals surface area contributed by atoms with Crippen molar-refractivity contribution in [3.05, 3.63) is 72.6 Å². The molecule has 0 amide bonds. The average Bonchev–Trinajstić information content (AvgIpc) is 3.41. The predicted octanol–water partition coefficient (Wildman–Crippen LogP) is 4.73. The first-order chi connectivity index (χ1) is 16.7. The van der Waals surface area contributed by atoms with Gasteiger partial charge in [-0.15, -0.1) is 0 Å². The minimum atomic E-state index is -0.125. The molecule has 2 N–H and O–H groups in total. The highest BCUT2D eigenvalue weighted by molar-refractivity contribution is 5.67. The van der Waals surface area contributed by atoms with Crippen LogP contribution in [0.4, 0.5) is 11.4 Å². The van der Waals surface area contributed by atoms with Crippen molar-refractivity contribution in [2.45, 2.75) is 38.3 Å². The van der Waals surface area contributed by atoms with Gasteiger partial charge in [0, 0.05) is 36.4 Å². The first-order valence-corrected chi connectivity index (χ1v) is 11.6. The number of aliphatic hydroxyl groups is 2. The molecule has 4 rings (SSSR count). The summed E-state index contributed by atoms with van der Waals surface area (Å²) in [5.74, 6) is 2.40. The number of anilines is 2. The lowest BCUT2D eigenvalue weighted by Crippen LogP contribution is -2.17. The molecule has 0 saturated heterocycles. The molecule has 0 bridgehead atoms. The van der Waals surface area contributed by atoms with Gasteiger partial charge in [-0.05, 0) is 73.7 Å². The summed E-state index contributed by atoms with van der Waals surface area (Å²) in [4.78, 5) is 6.52. The van der Waals surface area contributed by atoms with Gasteiger partial charge < -0.3 is 29.3 Å². The monoisotopic (exact) mass is 466 g/mol. The van der Waals surface area contributed by atoms with E-state index in [-0.39, 0.29) is 19.3 Å². The van der Waals surface area contributed by atoms with Crippen LogP contribution in [0.1, 0.15) is 31.2 Å². The highest BCUT2D eigenvalue weighted by Crippen LogP contribution is 2.38. The number of nitrogens with zero attached hydrogens (tertiary/aromatic N) is 2. The minimum absolute atomic E-state index is 0.125. The highest BCUT2D eigenvalue weighted by Gasteiger charge is 2.20. The fraction of sp³-hybridized carbons (Fsp3) is 0.370. The van der Waals surface area contributed by atoms with Crippen molar-refractivity contribution in [3.8, 4) is 17.2 Å². The molecule has 1 heterocycles. The van der Waals surface area contributed by atoms with Crippen LogP contribution >= 0.6 is 0 Å². The van der Waals surface area contributed by atoms with E-state index in [0.717, 1.165) is 47.0 Å². The van der Waals surface area contributed by atoms with E-state index < -0.39 is 0 Å². The van der Waals surface area contributed by atoms with Gasteiger partial charge >= 0.3 is 0 Å². The Balaban J connectivity index is 0.000000751. The molecule has 1 saturated carbocycles. The van der Waals surface area contributed by atoms with Crippen molar-refractivity contribution < 1.29 is 24.4 Å². The number of aliphatic hydroxyl groups excluding tert-OH is 2. The predicted molar refractivity (Wildman–Crippen MR) is 133 cm³/mol. The molecule has 1 fully saturated rings. The standard InChI is InChI=1S/C25H28N2O3.C2H6O2/c1-28-22-12-9-20(10-13-22)27(18-19-6-5-15-26-17-19)21-11-14-24(29-2)25(16-21)30-23-7-3-4-8-23;3-1-2-4/h5-6,9-17,23H,3-4,7-8,18H2,1-2H3;3-4H,1-2H2. The van der Waals surface area contributed by atoms with E-state index in [1.165, 1.54) is 12.8 Å². The Morgan fingerprint density at radius 2 is 1.59 bits per heavy atom. The van der Waals surface area contributed by atoms with E-state index in [1.807, 2.05) is 30.5 Å². The fourth-order valence-electron chi connectivity index (χ4n) is 3.88. The van der Waals surface area contributed by atoms with Crippen LogP contribution in [0, 0.1) is 0 Å². The smallest absolute Gasteiger partial charge is 0.163 e. The Morgan fingerprint density at radius 3 is 2.18 bits per heavy atom. The van der Waals surface area contributed by atoms with Crippen LogP contribution in [0.15, 0.2) is 67.0 Å². The third-order valence-electron chi connectivity index (χ3n) is 5.60. The molecule has 1 aliphatic carbocycles. The van der Waals surface area contributed by atoms with Gasteiger partial charge in [0.05, 0.1) is 33.5 Å². The number of hydrogen-bond donors (Lipinski definition) is 2. The van der Waals surface area contributed by atoms with Gasteiger partial charge in [0.15, 0.2) is 11.5 Å². The Morgan fingerprint density at radius 1 is 0.882 bits per heavy atom. The van der Waals surface area contributed by atoms with Crippen LogP contribution in [0.5, 0.6) is 17.2 Å². The number of ether oxygens (including phenoxy) is 3. The SMILES string of the molecule is COc1ccc(N(Cc2cccnc2)c2ccc(OC)c(OC3CCCC3)c2)cc1.OCCO. The van der Waals surface area contributed by atoms with Gasteiger partial charge in [0.2, 0.25) is 0 Å². The molecule has 0 spiro atoms. The van der Waals surface area contributed by atoms with Gasteiger partial charge in [0.1, 0.15) is 5.75 Å². The lowest BCUT2D eigenvalue weighted by Gasteiger charge is -2.27. The normalized spacial score (nSPS) is 13.1. The zero-order chi connectivity index (χ0) is 24.2. The fourth-order valence-corrected chi connectivity index (χ4v) is 3.88. The molecule has 3 aromatic rings. The third-order valence-corrected chi connectivity index (χ3v) is 5.60. The third kappa shape index (κ3) is 7.10. The molecule has 1 aromatic heterocycles. The Bertz CT molecular complexity index is 974. The van der Waals surface area contributed by atoms with E-state index in [4.69, 9.17) is 24.4 Å². The summed E-state index contributed by atoms with van der Waals surface area (Å²) in [5, 5.41) is 15.2. The molecular weight excluding hydrogens is 432 g/mol. The van der Waals surface area contributed by atoms with Gasteiger partial charge in [-0.2, -0.15) is 0 Å². The molecule has 0 radical (unpaired) electrons. The number of benzene rings is 2. The van der Waals surface area contributed by atoms with Crippen LogP contribution in [0.2, 0.25) is 0 Å². The maximum Gasteiger partial charge on any atom is 0.163 e. The molecule has 0 unspecified atom stereocenters. The molecule has 34 heavy (non-hydrogen) atoms. The van der Waals surface area contributed by atoms with Gasteiger partial charge in [-0.3, -0.25) is 4.98 Å². The highest BCUT2D eigenvalue weighted by atomic mass is 16.5. The van der Waals surface area contributed by atoms with Crippen LogP contribution in [0.3, 0.4) is 0 Å². The van der Waals surface area contributed by atoms with Gasteiger partial charge in [-0.25, -0.2) is 0 Å². The second kappa shape index (κ2) is 13.4. The molecular formula is C27H34N2O5. The second-order valence-corrected chi connectivity index (χ2v) is 7.95. The zero-order valence-corrected chi connectivity index (χ0v) is 19.9. The van der Waals surface area contributed by atoms with E-state index in [2.05, 4.69) is 40.2 Å². The minimum Gasteiger partial charge on any atom is -0.497 e. The van der Waals surface area contributed by atoms with Crippen molar-refractivity contribution in [2.24, 2.45) is 0 Å². The van der Waals surface area contributed by atoms with Gasteiger partial charge in [0.25, 0.3) is 0 Å². The van der Waals surface area contributed by atoms with Crippen molar-refractivity contribution in [1.29, 1.82) is 0 Å². The summed E-state index contributed by atoms with van der Waals surface area (Å²) in [6, 6.07) is 18.3. The first kappa shape index (κ1) is 25.3. The van der Waals surface area contributed by atoms with E-state index >= 15 is 0 Å². The van der Waals surface area contributed by atoms with Crippen molar-refractivity contribution in [1.82, 2.24) is 4.98 Å². The topological polar surface area (TPSA) is 84.3 Å². The van der Waals surface area contributed by atoms with Crippen LogP contribution in [-0.2, 0) is 6.54 Å². The van der Waals surface area contributed by atoms with Crippen LogP contribution < -0.4 is 19.1 Å². The Hall–Kier alpha value is -3.29. The molecule has 182 valence electrons. The molecule has 1 aliphatic rings. The lowest BCUT2D eigenvalue weighted by molar-refractivity contribution is 0.186. The van der Waals surface area contributed by atoms with Crippen LogP contribution in [0.25, 0.3) is 0 Å². The first-order valence-electron chi connectivity index (χ1n) is 11.6. The number of hydrogen-bond acceptors (Lipinski definition) is 7. The number of rotatable bonds is 9. The molecule has 7 nitrogen and oxygen atoms in total. The lowest BCUT2D eigenvalue weighted by atomic mass is 10.1. The summed E-state index contributed by atoms with van der Waals surface area (Å²) in [7, 11) is 3.37. The molecule has 0 atom stereocenters. The molecule has 2 aromatic carbocycles. The summed E-state index contributed by atoms with van der Waals surface area (Å²) in [6.07, 6.45) is 8.62. The van der Waals surface area contributed by atoms with Crippen molar-refractivity contribution >= 4 is 11.4 Å². The number of aromatic nitrogens is 1. The Labute approximate surface area is 201 Å². The number of methoxy groups -OCH3 is 2. The van der Waals surface area contributed by atoms with Crippen LogP contribution in [-0.4, -0.2) is 48.7 Å². The van der Waals surface area contributed by atoms with E-state index in [1.54, 1.807) is 20.4 Å².